The molecule has 3 N–H and O–H groups in total. The lowest BCUT2D eigenvalue weighted by molar-refractivity contribution is -0.135. The number of unbranched alkanes of at least 4 members (excludes halogenated alkanes) is 11. The van der Waals surface area contributed by atoms with Crippen molar-refractivity contribution in [2.45, 2.75) is 96.1 Å². The van der Waals surface area contributed by atoms with E-state index >= 15 is 0 Å². The van der Waals surface area contributed by atoms with Crippen LogP contribution >= 0.6 is 7.82 Å². The highest BCUT2D eigenvalue weighted by Gasteiger charge is 2.27. The summed E-state index contributed by atoms with van der Waals surface area (Å²) >= 11 is 0. The van der Waals surface area contributed by atoms with Gasteiger partial charge in [-0.1, -0.05) is 83.3 Å². The second-order valence-electron chi connectivity index (χ2n) is 7.25. The van der Waals surface area contributed by atoms with Crippen molar-refractivity contribution in [3.8, 4) is 0 Å². The van der Waals surface area contributed by atoms with Crippen LogP contribution in [0.25, 0.3) is 0 Å². The number of carbonyl (C=O) groups excluding carboxylic acids is 2. The number of rotatable bonds is 20. The number of aliphatic hydroxyl groups excluding tert-OH is 1. The van der Waals surface area contributed by atoms with Gasteiger partial charge in [0.15, 0.2) is 0 Å². The van der Waals surface area contributed by atoms with Gasteiger partial charge in [0.25, 0.3) is 0 Å². The van der Waals surface area contributed by atoms with Crippen LogP contribution < -0.4 is 0 Å². The van der Waals surface area contributed by atoms with Crippen LogP contribution in [-0.4, -0.2) is 51.4 Å². The average Bonchev–Trinajstić information content (AvgIpc) is 2.67. The van der Waals surface area contributed by atoms with Gasteiger partial charge < -0.3 is 14.9 Å². The summed E-state index contributed by atoms with van der Waals surface area (Å²) in [5.41, 5.74) is 0. The molecule has 0 rings (SSSR count). The van der Waals surface area contributed by atoms with Crippen molar-refractivity contribution in [1.29, 1.82) is 0 Å². The molecule has 0 heterocycles. The van der Waals surface area contributed by atoms with E-state index < -0.39 is 26.6 Å². The molecule has 0 aromatic heterocycles. The quantitative estimate of drug-likeness (QED) is 0.115. The first kappa shape index (κ1) is 27.9. The normalized spacial score (nSPS) is 14.1. The van der Waals surface area contributed by atoms with E-state index in [0.29, 0.717) is 4.90 Å². The number of allylic oxidation sites excluding steroid dienone is 1. The van der Waals surface area contributed by atoms with Crippen molar-refractivity contribution in [1.82, 2.24) is 4.90 Å². The number of phosphoric acid groups is 1. The highest BCUT2D eigenvalue weighted by atomic mass is 31.2. The van der Waals surface area contributed by atoms with E-state index in [1.54, 1.807) is 6.08 Å². The number of carbonyl (C=O) groups is 2. The lowest BCUT2D eigenvalue weighted by Crippen LogP contribution is -2.44. The molecule has 29 heavy (non-hydrogen) atoms. The molecular formula is C20H38NO7P. The Kier molecular flexibility index (Phi) is 17.1. The number of imide groups is 1. The SMILES string of the molecule is CCCCCCCCCCCCC/C=C/[C@@H](O)[C@H](COP(=O)(O)O)N(C=O)C=O. The molecule has 0 fully saturated rings. The molecule has 2 atom stereocenters. The van der Waals surface area contributed by atoms with E-state index in [0.717, 1.165) is 19.3 Å². The monoisotopic (exact) mass is 435 g/mol. The molecule has 0 aliphatic carbocycles. The Morgan fingerprint density at radius 2 is 1.38 bits per heavy atom. The number of phosphoric ester groups is 1. The van der Waals surface area contributed by atoms with Gasteiger partial charge in [-0.2, -0.15) is 0 Å². The minimum Gasteiger partial charge on any atom is -0.387 e. The smallest absolute Gasteiger partial charge is 0.387 e. The number of aliphatic hydroxyl groups is 1. The molecule has 0 aliphatic rings. The van der Waals surface area contributed by atoms with Crippen molar-refractivity contribution in [2.24, 2.45) is 0 Å². The predicted octanol–water partition coefficient (Wildman–Crippen LogP) is 3.70. The molecular weight excluding hydrogens is 397 g/mol. The molecule has 0 aliphatic heterocycles. The fourth-order valence-electron chi connectivity index (χ4n) is 3.01. The third kappa shape index (κ3) is 16.4. The van der Waals surface area contributed by atoms with Gasteiger partial charge in [0.2, 0.25) is 12.8 Å². The van der Waals surface area contributed by atoms with Gasteiger partial charge in [0.05, 0.1) is 18.8 Å². The molecule has 0 saturated carbocycles. The summed E-state index contributed by atoms with van der Waals surface area (Å²) in [7, 11) is -4.77. The molecule has 8 nitrogen and oxygen atoms in total. The number of nitrogens with zero attached hydrogens (tertiary/aromatic N) is 1. The highest BCUT2D eigenvalue weighted by Crippen LogP contribution is 2.36. The van der Waals surface area contributed by atoms with Gasteiger partial charge in [-0.05, 0) is 12.8 Å². The van der Waals surface area contributed by atoms with Gasteiger partial charge >= 0.3 is 7.82 Å². The Morgan fingerprint density at radius 3 is 1.83 bits per heavy atom. The van der Waals surface area contributed by atoms with Crippen LogP contribution in [0.3, 0.4) is 0 Å². The molecule has 2 amide bonds. The van der Waals surface area contributed by atoms with Crippen molar-refractivity contribution in [3.63, 3.8) is 0 Å². The summed E-state index contributed by atoms with van der Waals surface area (Å²) in [6.07, 6.45) is 16.7. The van der Waals surface area contributed by atoms with Gasteiger partial charge in [-0.3, -0.25) is 19.0 Å². The number of hydrogen-bond donors (Lipinski definition) is 3. The van der Waals surface area contributed by atoms with Crippen LogP contribution in [0.1, 0.15) is 84.0 Å². The zero-order valence-corrected chi connectivity index (χ0v) is 18.4. The van der Waals surface area contributed by atoms with Gasteiger partial charge in [0.1, 0.15) is 0 Å². The average molecular weight is 435 g/mol. The van der Waals surface area contributed by atoms with Crippen molar-refractivity contribution in [2.75, 3.05) is 6.61 Å². The van der Waals surface area contributed by atoms with Crippen molar-refractivity contribution >= 4 is 20.6 Å². The van der Waals surface area contributed by atoms with Gasteiger partial charge in [-0.15, -0.1) is 0 Å². The summed E-state index contributed by atoms with van der Waals surface area (Å²) in [6, 6.07) is -1.20. The Bertz CT molecular complexity index is 487. The minimum atomic E-state index is -4.77. The van der Waals surface area contributed by atoms with Crippen LogP contribution in [0.4, 0.5) is 0 Å². The molecule has 0 aromatic rings. The first-order valence-corrected chi connectivity index (χ1v) is 12.1. The topological polar surface area (TPSA) is 124 Å². The summed E-state index contributed by atoms with van der Waals surface area (Å²) < 4.78 is 15.1. The zero-order chi connectivity index (χ0) is 22.0. The summed E-state index contributed by atoms with van der Waals surface area (Å²) in [5, 5.41) is 10.1. The number of hydrogen-bond acceptors (Lipinski definition) is 5. The fraction of sp³-hybridized carbons (Fsp3) is 0.800. The molecule has 0 aromatic carbocycles. The summed E-state index contributed by atoms with van der Waals surface area (Å²) in [5.74, 6) is 0. The van der Waals surface area contributed by atoms with Gasteiger partial charge in [-0.25, -0.2) is 4.57 Å². The molecule has 0 bridgehead atoms. The standard InChI is InChI=1S/C20H38NO7P/c1-2-3-4-5-6-7-8-9-10-11-12-13-14-15-20(24)19(21(17-22)18-23)16-28-29(25,26)27/h14-15,17-20,24H,2-13,16H2,1H3,(H2,25,26,27)/b15-14+/t19-,20+/m0/s1. The molecule has 9 heteroatoms. The predicted molar refractivity (Wildman–Crippen MR) is 112 cm³/mol. The third-order valence-electron chi connectivity index (χ3n) is 4.74. The molecule has 0 radical (unpaired) electrons. The molecule has 170 valence electrons. The van der Waals surface area contributed by atoms with E-state index in [-0.39, 0.29) is 12.8 Å². The van der Waals surface area contributed by atoms with Crippen LogP contribution in [0, 0.1) is 0 Å². The Labute approximate surface area is 174 Å². The van der Waals surface area contributed by atoms with E-state index in [1.165, 1.54) is 63.9 Å². The second-order valence-corrected chi connectivity index (χ2v) is 8.49. The summed E-state index contributed by atoms with van der Waals surface area (Å²) in [6.45, 7) is 1.56. The first-order valence-electron chi connectivity index (χ1n) is 10.6. The van der Waals surface area contributed by atoms with Gasteiger partial charge in [0, 0.05) is 0 Å². The zero-order valence-electron chi connectivity index (χ0n) is 17.5. The molecule has 0 saturated heterocycles. The number of amides is 2. The maximum Gasteiger partial charge on any atom is 0.469 e. The lowest BCUT2D eigenvalue weighted by Gasteiger charge is -2.26. The maximum absolute atomic E-state index is 10.9. The molecule has 0 unspecified atom stereocenters. The summed E-state index contributed by atoms with van der Waals surface area (Å²) in [4.78, 5) is 39.9. The van der Waals surface area contributed by atoms with Crippen LogP contribution in [0.2, 0.25) is 0 Å². The second kappa shape index (κ2) is 17.8. The largest absolute Gasteiger partial charge is 0.469 e. The Morgan fingerprint density at radius 1 is 0.897 bits per heavy atom. The highest BCUT2D eigenvalue weighted by molar-refractivity contribution is 7.46. The van der Waals surface area contributed by atoms with E-state index in [2.05, 4.69) is 11.4 Å². The minimum absolute atomic E-state index is 0.182. The van der Waals surface area contributed by atoms with Crippen LogP contribution in [0.15, 0.2) is 12.2 Å². The lowest BCUT2D eigenvalue weighted by atomic mass is 10.0. The first-order chi connectivity index (χ1) is 13.9. The Hall–Kier alpha value is -1.05. The van der Waals surface area contributed by atoms with Crippen molar-refractivity contribution in [3.05, 3.63) is 12.2 Å². The maximum atomic E-state index is 10.9. The Balaban J connectivity index is 4.01. The molecule has 0 spiro atoms. The fourth-order valence-corrected chi connectivity index (χ4v) is 3.35. The van der Waals surface area contributed by atoms with Crippen LogP contribution in [-0.2, 0) is 18.7 Å². The van der Waals surface area contributed by atoms with E-state index in [9.17, 15) is 19.3 Å². The van der Waals surface area contributed by atoms with E-state index in [4.69, 9.17) is 9.79 Å². The van der Waals surface area contributed by atoms with Crippen LogP contribution in [0.5, 0.6) is 0 Å². The third-order valence-corrected chi connectivity index (χ3v) is 5.23. The van der Waals surface area contributed by atoms with Crippen molar-refractivity contribution < 1.29 is 33.6 Å². The van der Waals surface area contributed by atoms with E-state index in [1.807, 2.05) is 0 Å².